The lowest BCUT2D eigenvalue weighted by molar-refractivity contribution is 0.117. The van der Waals surface area contributed by atoms with Gasteiger partial charge in [0, 0.05) is 26.1 Å². The van der Waals surface area contributed by atoms with Crippen molar-refractivity contribution in [2.75, 3.05) is 40.0 Å². The number of furan rings is 1. The number of guanidine groups is 1. The van der Waals surface area contributed by atoms with Gasteiger partial charge in [-0.3, -0.25) is 4.99 Å². The monoisotopic (exact) mass is 529 g/mol. The molecule has 1 saturated heterocycles. The molecule has 0 radical (unpaired) electrons. The topological polar surface area (TPSA) is 77.2 Å². The van der Waals surface area contributed by atoms with Crippen molar-refractivity contribution in [2.45, 2.75) is 32.0 Å². The normalized spacial score (nSPS) is 16.2. The highest BCUT2D eigenvalue weighted by molar-refractivity contribution is 14.0. The van der Waals surface area contributed by atoms with E-state index in [1.807, 2.05) is 36.4 Å². The average molecular weight is 529 g/mol. The first-order valence-corrected chi connectivity index (χ1v) is 10.2. The third-order valence-electron chi connectivity index (χ3n) is 4.69. The van der Waals surface area contributed by atoms with Crippen molar-refractivity contribution in [3.63, 3.8) is 0 Å². The Morgan fingerprint density at radius 2 is 2.00 bits per heavy atom. The minimum Gasteiger partial charge on any atom is -0.497 e. The molecule has 1 unspecified atom stereocenters. The van der Waals surface area contributed by atoms with Crippen molar-refractivity contribution in [3.05, 3.63) is 54.0 Å². The van der Waals surface area contributed by atoms with E-state index in [1.165, 1.54) is 0 Å². The van der Waals surface area contributed by atoms with E-state index in [4.69, 9.17) is 18.6 Å². The van der Waals surface area contributed by atoms with Crippen LogP contribution in [0.25, 0.3) is 0 Å². The number of hydrogen-bond donors (Lipinski definition) is 2. The molecule has 2 aromatic rings. The number of ether oxygens (including phenoxy) is 3. The van der Waals surface area contributed by atoms with Crippen molar-refractivity contribution in [1.82, 2.24) is 10.6 Å². The predicted octanol–water partition coefficient (Wildman–Crippen LogP) is 3.38. The number of aliphatic imine (C=N–C) groups is 1. The summed E-state index contributed by atoms with van der Waals surface area (Å²) >= 11 is 0. The van der Waals surface area contributed by atoms with Crippen LogP contribution in [0.1, 0.15) is 24.2 Å². The smallest absolute Gasteiger partial charge is 0.191 e. The lowest BCUT2D eigenvalue weighted by atomic mass is 10.2. The predicted molar refractivity (Wildman–Crippen MR) is 128 cm³/mol. The van der Waals surface area contributed by atoms with E-state index in [2.05, 4.69) is 15.6 Å². The summed E-state index contributed by atoms with van der Waals surface area (Å²) in [5.41, 5.74) is 1.12. The van der Waals surface area contributed by atoms with Gasteiger partial charge in [-0.2, -0.15) is 0 Å². The zero-order valence-corrected chi connectivity index (χ0v) is 19.8. The SMILES string of the molecule is COc1ccc(COCCNC(=NCC2CCCO2)NCCc2ccco2)cc1.I. The van der Waals surface area contributed by atoms with Crippen LogP contribution in [-0.4, -0.2) is 52.0 Å². The maximum absolute atomic E-state index is 5.76. The van der Waals surface area contributed by atoms with Gasteiger partial charge in [-0.05, 0) is 42.7 Å². The molecule has 166 valence electrons. The largest absolute Gasteiger partial charge is 0.497 e. The van der Waals surface area contributed by atoms with E-state index >= 15 is 0 Å². The number of benzene rings is 1. The Bertz CT molecular complexity index is 716. The Morgan fingerprint density at radius 3 is 2.70 bits per heavy atom. The second-order valence-corrected chi connectivity index (χ2v) is 6.91. The Balaban J connectivity index is 0.00000320. The van der Waals surface area contributed by atoms with Crippen LogP contribution in [0.2, 0.25) is 0 Å². The van der Waals surface area contributed by atoms with Crippen molar-refractivity contribution in [2.24, 2.45) is 4.99 Å². The second-order valence-electron chi connectivity index (χ2n) is 6.91. The molecule has 1 aliphatic rings. The summed E-state index contributed by atoms with van der Waals surface area (Å²) in [6, 6.07) is 11.8. The Morgan fingerprint density at radius 1 is 1.17 bits per heavy atom. The molecule has 2 N–H and O–H groups in total. The van der Waals surface area contributed by atoms with Gasteiger partial charge in [-0.15, -0.1) is 24.0 Å². The first-order valence-electron chi connectivity index (χ1n) is 10.2. The van der Waals surface area contributed by atoms with E-state index in [-0.39, 0.29) is 30.1 Å². The first kappa shape index (κ1) is 24.5. The Hall–Kier alpha value is -1.78. The fourth-order valence-corrected chi connectivity index (χ4v) is 3.07. The minimum atomic E-state index is 0. The maximum atomic E-state index is 5.76. The third kappa shape index (κ3) is 8.93. The zero-order chi connectivity index (χ0) is 20.2. The standard InChI is InChI=1S/C22H31N3O4.HI/c1-26-19-8-6-18(7-9-19)17-27-15-12-24-22(25-16-21-5-3-14-29-21)23-11-10-20-4-2-13-28-20;/h2,4,6-9,13,21H,3,5,10-12,14-17H2,1H3,(H2,23,24,25);1H. The number of rotatable bonds is 11. The van der Waals surface area contributed by atoms with Gasteiger partial charge < -0.3 is 29.3 Å². The molecular weight excluding hydrogens is 497 g/mol. The van der Waals surface area contributed by atoms with Crippen LogP contribution in [0.4, 0.5) is 0 Å². The zero-order valence-electron chi connectivity index (χ0n) is 17.5. The van der Waals surface area contributed by atoms with Gasteiger partial charge in [-0.1, -0.05) is 12.1 Å². The quantitative estimate of drug-likeness (QED) is 0.201. The van der Waals surface area contributed by atoms with Crippen LogP contribution in [-0.2, 0) is 22.5 Å². The highest BCUT2D eigenvalue weighted by atomic mass is 127. The molecule has 8 heteroatoms. The summed E-state index contributed by atoms with van der Waals surface area (Å²) < 4.78 is 22.0. The first-order chi connectivity index (χ1) is 14.3. The molecule has 0 bridgehead atoms. The number of hydrogen-bond acceptors (Lipinski definition) is 5. The lowest BCUT2D eigenvalue weighted by Gasteiger charge is -2.14. The third-order valence-corrected chi connectivity index (χ3v) is 4.69. The summed E-state index contributed by atoms with van der Waals surface area (Å²) in [6.07, 6.45) is 4.93. The average Bonchev–Trinajstić information content (AvgIpc) is 3.46. The summed E-state index contributed by atoms with van der Waals surface area (Å²) in [6.45, 7) is 4.09. The van der Waals surface area contributed by atoms with E-state index in [1.54, 1.807) is 13.4 Å². The van der Waals surface area contributed by atoms with Gasteiger partial charge in [0.2, 0.25) is 0 Å². The number of nitrogens with one attached hydrogen (secondary N) is 2. The molecule has 0 aliphatic carbocycles. The highest BCUT2D eigenvalue weighted by Gasteiger charge is 2.14. The highest BCUT2D eigenvalue weighted by Crippen LogP contribution is 2.12. The van der Waals surface area contributed by atoms with E-state index in [9.17, 15) is 0 Å². The molecule has 1 atom stereocenters. The van der Waals surface area contributed by atoms with Gasteiger partial charge >= 0.3 is 0 Å². The molecule has 1 aliphatic heterocycles. The fraction of sp³-hybridized carbons (Fsp3) is 0.500. The van der Waals surface area contributed by atoms with Crippen molar-refractivity contribution in [1.29, 1.82) is 0 Å². The van der Waals surface area contributed by atoms with Gasteiger partial charge in [0.15, 0.2) is 5.96 Å². The van der Waals surface area contributed by atoms with Gasteiger partial charge in [-0.25, -0.2) is 0 Å². The molecule has 0 saturated carbocycles. The molecule has 30 heavy (non-hydrogen) atoms. The Labute approximate surface area is 195 Å². The molecule has 7 nitrogen and oxygen atoms in total. The van der Waals surface area contributed by atoms with Crippen LogP contribution < -0.4 is 15.4 Å². The van der Waals surface area contributed by atoms with Gasteiger partial charge in [0.05, 0.1) is 39.2 Å². The molecule has 1 aromatic carbocycles. The molecule has 0 spiro atoms. The van der Waals surface area contributed by atoms with Crippen LogP contribution >= 0.6 is 24.0 Å². The van der Waals surface area contributed by atoms with E-state index in [0.717, 1.165) is 55.4 Å². The lowest BCUT2D eigenvalue weighted by Crippen LogP contribution is -2.40. The molecule has 0 amide bonds. The number of nitrogens with zero attached hydrogens (tertiary/aromatic N) is 1. The minimum absolute atomic E-state index is 0. The number of halogens is 1. The molecule has 1 fully saturated rings. The number of methoxy groups -OCH3 is 1. The van der Waals surface area contributed by atoms with Crippen LogP contribution in [0.5, 0.6) is 5.75 Å². The molecular formula is C22H32IN3O4. The van der Waals surface area contributed by atoms with Crippen LogP contribution in [0.15, 0.2) is 52.1 Å². The van der Waals surface area contributed by atoms with E-state index in [0.29, 0.717) is 26.3 Å². The van der Waals surface area contributed by atoms with Gasteiger partial charge in [0.1, 0.15) is 11.5 Å². The summed E-state index contributed by atoms with van der Waals surface area (Å²) in [5, 5.41) is 6.69. The maximum Gasteiger partial charge on any atom is 0.191 e. The summed E-state index contributed by atoms with van der Waals surface area (Å²) in [5.74, 6) is 2.59. The second kappa shape index (κ2) is 14.3. The molecule has 3 rings (SSSR count). The van der Waals surface area contributed by atoms with Crippen molar-refractivity contribution < 1.29 is 18.6 Å². The molecule has 2 heterocycles. The van der Waals surface area contributed by atoms with Crippen LogP contribution in [0, 0.1) is 0 Å². The van der Waals surface area contributed by atoms with Crippen molar-refractivity contribution >= 4 is 29.9 Å². The fourth-order valence-electron chi connectivity index (χ4n) is 3.07. The van der Waals surface area contributed by atoms with Gasteiger partial charge in [0.25, 0.3) is 0 Å². The van der Waals surface area contributed by atoms with E-state index < -0.39 is 0 Å². The summed E-state index contributed by atoms with van der Waals surface area (Å²) in [7, 11) is 1.66. The summed E-state index contributed by atoms with van der Waals surface area (Å²) in [4.78, 5) is 4.67. The van der Waals surface area contributed by atoms with Crippen LogP contribution in [0.3, 0.4) is 0 Å². The Kier molecular flexibility index (Phi) is 11.6. The van der Waals surface area contributed by atoms with Crippen molar-refractivity contribution in [3.8, 4) is 5.75 Å². The molecule has 1 aromatic heterocycles.